The molecule has 2 aromatic rings. The van der Waals surface area contributed by atoms with Crippen LogP contribution in [0.5, 0.6) is 0 Å². The lowest BCUT2D eigenvalue weighted by Crippen LogP contribution is -2.31. The van der Waals surface area contributed by atoms with Crippen molar-refractivity contribution in [3.8, 4) is 0 Å². The molecule has 0 fully saturated rings. The Kier molecular flexibility index (Phi) is 6.31. The van der Waals surface area contributed by atoms with Crippen molar-refractivity contribution in [3.63, 3.8) is 0 Å². The van der Waals surface area contributed by atoms with Gasteiger partial charge < -0.3 is 10.1 Å². The van der Waals surface area contributed by atoms with Gasteiger partial charge in [0.25, 0.3) is 5.91 Å². The van der Waals surface area contributed by atoms with E-state index in [1.165, 1.54) is 13.8 Å². The quantitative estimate of drug-likeness (QED) is 0.631. The van der Waals surface area contributed by atoms with Crippen LogP contribution in [0.15, 0.2) is 48.5 Å². The van der Waals surface area contributed by atoms with Crippen molar-refractivity contribution >= 4 is 34.9 Å². The highest BCUT2D eigenvalue weighted by Gasteiger charge is 2.19. The minimum Gasteiger partial charge on any atom is -0.452 e. The third-order valence-corrected chi connectivity index (χ3v) is 3.76. The molecule has 2 rings (SSSR count). The van der Waals surface area contributed by atoms with Gasteiger partial charge in [0, 0.05) is 10.6 Å². The van der Waals surface area contributed by atoms with Crippen LogP contribution in [0.2, 0.25) is 5.02 Å². The van der Waals surface area contributed by atoms with Crippen molar-refractivity contribution in [3.05, 3.63) is 64.7 Å². The van der Waals surface area contributed by atoms with Crippen LogP contribution in [0.4, 0.5) is 5.69 Å². The van der Waals surface area contributed by atoms with Crippen LogP contribution in [-0.4, -0.2) is 23.8 Å². The number of hydrogen-bond acceptors (Lipinski definition) is 4. The van der Waals surface area contributed by atoms with E-state index in [4.69, 9.17) is 16.3 Å². The summed E-state index contributed by atoms with van der Waals surface area (Å²) in [5.74, 6) is -1.19. The highest BCUT2D eigenvalue weighted by molar-refractivity contribution is 6.30. The van der Waals surface area contributed by atoms with Gasteiger partial charge in [-0.2, -0.15) is 0 Å². The van der Waals surface area contributed by atoms with Gasteiger partial charge in [-0.1, -0.05) is 35.9 Å². The molecule has 0 aromatic heterocycles. The molecule has 1 N–H and O–H groups in total. The van der Waals surface area contributed by atoms with Crippen LogP contribution in [0.3, 0.4) is 0 Å². The zero-order valence-corrected chi connectivity index (χ0v) is 14.7. The molecule has 2 aromatic carbocycles. The topological polar surface area (TPSA) is 72.5 Å². The zero-order valence-electron chi connectivity index (χ0n) is 13.9. The van der Waals surface area contributed by atoms with Crippen molar-refractivity contribution in [1.29, 1.82) is 0 Å². The van der Waals surface area contributed by atoms with E-state index in [1.54, 1.807) is 48.5 Å². The summed E-state index contributed by atoms with van der Waals surface area (Å²) in [6.45, 7) is 2.89. The predicted molar refractivity (Wildman–Crippen MR) is 95.8 cm³/mol. The molecule has 0 saturated carbocycles. The van der Waals surface area contributed by atoms with Crippen molar-refractivity contribution in [2.75, 3.05) is 5.32 Å². The standard InChI is InChI=1S/C19H18ClNO4/c1-12(22)16-5-3-4-6-17(16)21-19(24)13(2)25-18(23)11-14-7-9-15(20)10-8-14/h3-10,13H,11H2,1-2H3,(H,21,24). The summed E-state index contributed by atoms with van der Waals surface area (Å²) >= 11 is 5.79. The lowest BCUT2D eigenvalue weighted by Gasteiger charge is -2.15. The fourth-order valence-corrected chi connectivity index (χ4v) is 2.32. The number of anilines is 1. The Hall–Kier alpha value is -2.66. The summed E-state index contributed by atoms with van der Waals surface area (Å²) in [5, 5.41) is 3.19. The first kappa shape index (κ1) is 18.7. The first-order valence-electron chi connectivity index (χ1n) is 7.71. The average molecular weight is 360 g/mol. The molecular weight excluding hydrogens is 342 g/mol. The molecule has 0 spiro atoms. The smallest absolute Gasteiger partial charge is 0.311 e. The molecule has 1 unspecified atom stereocenters. The molecule has 1 amide bonds. The van der Waals surface area contributed by atoms with Crippen molar-refractivity contribution in [2.24, 2.45) is 0 Å². The molecule has 0 saturated heterocycles. The molecule has 5 nitrogen and oxygen atoms in total. The van der Waals surface area contributed by atoms with E-state index in [0.29, 0.717) is 16.3 Å². The highest BCUT2D eigenvalue weighted by Crippen LogP contribution is 2.16. The molecule has 0 aliphatic carbocycles. The number of rotatable bonds is 6. The van der Waals surface area contributed by atoms with Gasteiger partial charge in [-0.3, -0.25) is 14.4 Å². The third kappa shape index (κ3) is 5.43. The minimum atomic E-state index is -0.986. The second kappa shape index (κ2) is 8.44. The molecule has 130 valence electrons. The number of benzene rings is 2. The van der Waals surface area contributed by atoms with E-state index in [1.807, 2.05) is 0 Å². The molecular formula is C19H18ClNO4. The molecule has 0 aliphatic rings. The summed E-state index contributed by atoms with van der Waals surface area (Å²) in [5.41, 5.74) is 1.53. The van der Waals surface area contributed by atoms with Gasteiger partial charge in [-0.15, -0.1) is 0 Å². The fourth-order valence-electron chi connectivity index (χ4n) is 2.19. The largest absolute Gasteiger partial charge is 0.452 e. The minimum absolute atomic E-state index is 0.0405. The van der Waals surface area contributed by atoms with Crippen molar-refractivity contribution < 1.29 is 19.1 Å². The van der Waals surface area contributed by atoms with E-state index >= 15 is 0 Å². The van der Waals surface area contributed by atoms with Gasteiger partial charge in [0.2, 0.25) is 0 Å². The molecule has 0 radical (unpaired) electrons. The Balaban J connectivity index is 1.95. The van der Waals surface area contributed by atoms with Crippen LogP contribution >= 0.6 is 11.6 Å². The maximum atomic E-state index is 12.2. The number of carbonyl (C=O) groups is 3. The second-order valence-corrected chi connectivity index (χ2v) is 5.96. The van der Waals surface area contributed by atoms with E-state index in [2.05, 4.69) is 5.32 Å². The number of esters is 1. The van der Waals surface area contributed by atoms with Gasteiger partial charge >= 0.3 is 5.97 Å². The third-order valence-electron chi connectivity index (χ3n) is 3.50. The predicted octanol–water partition coefficient (Wildman–Crippen LogP) is 3.66. The van der Waals surface area contributed by atoms with Crippen LogP contribution in [0.1, 0.15) is 29.8 Å². The Morgan fingerprint density at radius 2 is 1.72 bits per heavy atom. The normalized spacial score (nSPS) is 11.5. The summed E-state index contributed by atoms with van der Waals surface area (Å²) in [4.78, 5) is 35.7. The number of ketones is 1. The number of hydrogen-bond donors (Lipinski definition) is 1. The first-order chi connectivity index (χ1) is 11.9. The van der Waals surface area contributed by atoms with Crippen molar-refractivity contribution in [2.45, 2.75) is 26.4 Å². The van der Waals surface area contributed by atoms with Crippen LogP contribution in [0, 0.1) is 0 Å². The number of Topliss-reactive ketones (excluding diaryl/α,β-unsaturated/α-hetero) is 1. The summed E-state index contributed by atoms with van der Waals surface area (Å²) in [7, 11) is 0. The lowest BCUT2D eigenvalue weighted by molar-refractivity contribution is -0.152. The highest BCUT2D eigenvalue weighted by atomic mass is 35.5. The number of halogens is 1. The molecule has 0 heterocycles. The van der Waals surface area contributed by atoms with Gasteiger partial charge in [0.15, 0.2) is 11.9 Å². The van der Waals surface area contributed by atoms with E-state index in [9.17, 15) is 14.4 Å². The fraction of sp³-hybridized carbons (Fsp3) is 0.211. The van der Waals surface area contributed by atoms with Crippen LogP contribution in [0.25, 0.3) is 0 Å². The first-order valence-corrected chi connectivity index (χ1v) is 8.09. The number of amides is 1. The maximum Gasteiger partial charge on any atom is 0.311 e. The van der Waals surface area contributed by atoms with Crippen molar-refractivity contribution in [1.82, 2.24) is 0 Å². The maximum absolute atomic E-state index is 12.2. The zero-order chi connectivity index (χ0) is 18.4. The second-order valence-electron chi connectivity index (χ2n) is 5.53. The van der Waals surface area contributed by atoms with Gasteiger partial charge in [0.1, 0.15) is 0 Å². The molecule has 6 heteroatoms. The monoisotopic (exact) mass is 359 g/mol. The summed E-state index contributed by atoms with van der Waals surface area (Å²) in [6.07, 6.45) is -0.946. The summed E-state index contributed by atoms with van der Waals surface area (Å²) in [6, 6.07) is 13.5. The number of para-hydroxylation sites is 1. The Morgan fingerprint density at radius 1 is 1.08 bits per heavy atom. The number of carbonyl (C=O) groups excluding carboxylic acids is 3. The van der Waals surface area contributed by atoms with Crippen LogP contribution in [-0.2, 0) is 20.7 Å². The molecule has 1 atom stereocenters. The Morgan fingerprint density at radius 3 is 2.36 bits per heavy atom. The van der Waals surface area contributed by atoms with E-state index < -0.39 is 18.0 Å². The lowest BCUT2D eigenvalue weighted by atomic mass is 10.1. The summed E-state index contributed by atoms with van der Waals surface area (Å²) < 4.78 is 5.15. The van der Waals surface area contributed by atoms with Gasteiger partial charge in [0.05, 0.1) is 12.1 Å². The Labute approximate surface area is 150 Å². The number of ether oxygens (including phenoxy) is 1. The number of nitrogens with one attached hydrogen (secondary N) is 1. The molecule has 25 heavy (non-hydrogen) atoms. The molecule has 0 bridgehead atoms. The van der Waals surface area contributed by atoms with Crippen LogP contribution < -0.4 is 5.32 Å². The SMILES string of the molecule is CC(=O)c1ccccc1NC(=O)C(C)OC(=O)Cc1ccc(Cl)cc1. The Bertz CT molecular complexity index is 786. The average Bonchev–Trinajstić information content (AvgIpc) is 2.57. The van der Waals surface area contributed by atoms with Gasteiger partial charge in [-0.25, -0.2) is 0 Å². The van der Waals surface area contributed by atoms with E-state index in [0.717, 1.165) is 5.56 Å². The van der Waals surface area contributed by atoms with E-state index in [-0.39, 0.29) is 12.2 Å². The van der Waals surface area contributed by atoms with Gasteiger partial charge in [-0.05, 0) is 43.7 Å². The molecule has 0 aliphatic heterocycles.